The first kappa shape index (κ1) is 17.3. The van der Waals surface area contributed by atoms with Crippen LogP contribution in [0.5, 0.6) is 0 Å². The van der Waals surface area contributed by atoms with Gasteiger partial charge in [-0.05, 0) is 37.1 Å². The molecule has 140 valence electrons. The Morgan fingerprint density at radius 1 is 1.00 bits per heavy atom. The molecule has 5 rings (SSSR count). The molecule has 0 spiro atoms. The summed E-state index contributed by atoms with van der Waals surface area (Å²) in [5.74, 6) is 0.0193. The standard InChI is InChI=1S/C22H17F2N3S/c1-12-9-16-21(25-19-11-15(19)14-7-8-17(23)18(24)10-14)26-20(27-22(16)28-12)13-5-3-2-4-6-13/h2-10,15,19H,11H2,1H3,(H,25,26,27)/t15-,19+/m0/s1. The van der Waals surface area contributed by atoms with Crippen molar-refractivity contribution >= 4 is 27.4 Å². The molecule has 1 saturated carbocycles. The summed E-state index contributed by atoms with van der Waals surface area (Å²) in [6, 6.07) is 16.3. The molecule has 1 fully saturated rings. The van der Waals surface area contributed by atoms with Crippen LogP contribution in [-0.4, -0.2) is 16.0 Å². The van der Waals surface area contributed by atoms with Crippen molar-refractivity contribution in [3.8, 4) is 11.4 Å². The summed E-state index contributed by atoms with van der Waals surface area (Å²) in [5, 5.41) is 4.50. The highest BCUT2D eigenvalue weighted by Crippen LogP contribution is 2.44. The average molecular weight is 393 g/mol. The second-order valence-corrected chi connectivity index (χ2v) is 8.34. The van der Waals surface area contributed by atoms with Gasteiger partial charge in [0.15, 0.2) is 17.5 Å². The molecule has 0 saturated heterocycles. The fourth-order valence-electron chi connectivity index (χ4n) is 3.51. The van der Waals surface area contributed by atoms with Crippen molar-refractivity contribution in [2.75, 3.05) is 5.32 Å². The SMILES string of the molecule is Cc1cc2c(N[C@@H]3C[C@H]3c3ccc(F)c(F)c3)nc(-c3ccccc3)nc2s1. The maximum Gasteiger partial charge on any atom is 0.163 e. The smallest absolute Gasteiger partial charge is 0.163 e. The van der Waals surface area contributed by atoms with Crippen LogP contribution in [0.3, 0.4) is 0 Å². The van der Waals surface area contributed by atoms with E-state index in [9.17, 15) is 8.78 Å². The van der Waals surface area contributed by atoms with Crippen molar-refractivity contribution in [2.45, 2.75) is 25.3 Å². The van der Waals surface area contributed by atoms with E-state index in [0.717, 1.165) is 33.6 Å². The predicted molar refractivity (Wildman–Crippen MR) is 109 cm³/mol. The van der Waals surface area contributed by atoms with Gasteiger partial charge in [-0.1, -0.05) is 36.4 Å². The number of rotatable bonds is 4. The van der Waals surface area contributed by atoms with Gasteiger partial charge in [0, 0.05) is 22.4 Å². The van der Waals surface area contributed by atoms with Crippen LogP contribution >= 0.6 is 11.3 Å². The van der Waals surface area contributed by atoms with Crippen LogP contribution in [0.25, 0.3) is 21.6 Å². The number of hydrogen-bond acceptors (Lipinski definition) is 4. The first-order valence-electron chi connectivity index (χ1n) is 9.13. The van der Waals surface area contributed by atoms with E-state index in [2.05, 4.69) is 18.3 Å². The number of hydrogen-bond donors (Lipinski definition) is 1. The summed E-state index contributed by atoms with van der Waals surface area (Å²) in [7, 11) is 0. The van der Waals surface area contributed by atoms with Gasteiger partial charge in [0.2, 0.25) is 0 Å². The van der Waals surface area contributed by atoms with Crippen molar-refractivity contribution < 1.29 is 8.78 Å². The third-order valence-electron chi connectivity index (χ3n) is 5.03. The summed E-state index contributed by atoms with van der Waals surface area (Å²) in [6.45, 7) is 2.06. The van der Waals surface area contributed by atoms with Gasteiger partial charge in [-0.3, -0.25) is 0 Å². The Morgan fingerprint density at radius 2 is 1.82 bits per heavy atom. The normalized spacial score (nSPS) is 18.4. The van der Waals surface area contributed by atoms with Gasteiger partial charge >= 0.3 is 0 Å². The molecule has 2 aromatic heterocycles. The van der Waals surface area contributed by atoms with Crippen LogP contribution in [0, 0.1) is 18.6 Å². The number of nitrogens with one attached hydrogen (secondary N) is 1. The van der Waals surface area contributed by atoms with Crippen LogP contribution in [0.2, 0.25) is 0 Å². The molecule has 28 heavy (non-hydrogen) atoms. The monoisotopic (exact) mass is 393 g/mol. The molecule has 1 aliphatic rings. The van der Waals surface area contributed by atoms with Crippen LogP contribution in [0.4, 0.5) is 14.6 Å². The molecular formula is C22H17F2N3S. The summed E-state index contributed by atoms with van der Waals surface area (Å²) < 4.78 is 26.8. The maximum absolute atomic E-state index is 13.6. The summed E-state index contributed by atoms with van der Waals surface area (Å²) >= 11 is 1.64. The van der Waals surface area contributed by atoms with Crippen LogP contribution in [0.15, 0.2) is 54.6 Å². The van der Waals surface area contributed by atoms with Gasteiger partial charge in [0.1, 0.15) is 10.6 Å². The minimum Gasteiger partial charge on any atom is -0.366 e. The highest BCUT2D eigenvalue weighted by molar-refractivity contribution is 7.18. The predicted octanol–water partition coefficient (Wildman–Crippen LogP) is 5.91. The third kappa shape index (κ3) is 3.14. The van der Waals surface area contributed by atoms with Gasteiger partial charge in [0.25, 0.3) is 0 Å². The first-order valence-corrected chi connectivity index (χ1v) is 9.95. The number of aromatic nitrogens is 2. The zero-order chi connectivity index (χ0) is 19.3. The summed E-state index contributed by atoms with van der Waals surface area (Å²) in [4.78, 5) is 11.6. The Balaban J connectivity index is 1.48. The molecular weight excluding hydrogens is 376 g/mol. The van der Waals surface area contributed by atoms with Gasteiger partial charge in [-0.15, -0.1) is 11.3 Å². The number of anilines is 1. The van der Waals surface area contributed by atoms with E-state index in [4.69, 9.17) is 9.97 Å². The Morgan fingerprint density at radius 3 is 2.61 bits per heavy atom. The van der Waals surface area contributed by atoms with Crippen LogP contribution < -0.4 is 5.32 Å². The maximum atomic E-state index is 13.6. The Bertz CT molecular complexity index is 1170. The lowest BCUT2D eigenvalue weighted by atomic mass is 10.1. The summed E-state index contributed by atoms with van der Waals surface area (Å²) in [6.07, 6.45) is 0.861. The zero-order valence-electron chi connectivity index (χ0n) is 15.1. The number of thiophene rings is 1. The molecule has 1 N–H and O–H groups in total. The van der Waals surface area contributed by atoms with Gasteiger partial charge in [0.05, 0.1) is 5.39 Å². The van der Waals surface area contributed by atoms with Crippen LogP contribution in [0.1, 0.15) is 22.8 Å². The van der Waals surface area contributed by atoms with Crippen molar-refractivity contribution in [3.63, 3.8) is 0 Å². The molecule has 2 aromatic carbocycles. The van der Waals surface area contributed by atoms with Crippen molar-refractivity contribution in [1.29, 1.82) is 0 Å². The minimum atomic E-state index is -0.812. The second-order valence-electron chi connectivity index (χ2n) is 7.10. The fraction of sp³-hybridized carbons (Fsp3) is 0.182. The van der Waals surface area contributed by atoms with Gasteiger partial charge < -0.3 is 5.32 Å². The quantitative estimate of drug-likeness (QED) is 0.468. The van der Waals surface area contributed by atoms with Crippen LogP contribution in [-0.2, 0) is 0 Å². The molecule has 0 unspecified atom stereocenters. The number of nitrogens with zero attached hydrogens (tertiary/aromatic N) is 2. The molecule has 6 heteroatoms. The first-order chi connectivity index (χ1) is 13.6. The highest BCUT2D eigenvalue weighted by atomic mass is 32.1. The van der Waals surface area contributed by atoms with E-state index < -0.39 is 11.6 Å². The lowest BCUT2D eigenvalue weighted by Crippen LogP contribution is -2.07. The highest BCUT2D eigenvalue weighted by Gasteiger charge is 2.39. The van der Waals surface area contributed by atoms with Crippen molar-refractivity contribution in [1.82, 2.24) is 9.97 Å². The third-order valence-corrected chi connectivity index (χ3v) is 5.98. The molecule has 4 aromatic rings. The molecule has 0 bridgehead atoms. The number of fused-ring (bicyclic) bond motifs is 1. The Labute approximate surface area is 165 Å². The van der Waals surface area contributed by atoms with E-state index in [-0.39, 0.29) is 12.0 Å². The molecule has 1 aliphatic carbocycles. The average Bonchev–Trinajstić information content (AvgIpc) is 3.35. The van der Waals surface area contributed by atoms with Gasteiger partial charge in [-0.25, -0.2) is 18.7 Å². The molecule has 0 aliphatic heterocycles. The molecule has 0 radical (unpaired) electrons. The topological polar surface area (TPSA) is 37.8 Å². The second kappa shape index (κ2) is 6.63. The molecule has 3 nitrogen and oxygen atoms in total. The van der Waals surface area contributed by atoms with E-state index in [1.807, 2.05) is 30.3 Å². The van der Waals surface area contributed by atoms with Crippen molar-refractivity contribution in [3.05, 3.63) is 76.7 Å². The Kier molecular flexibility index (Phi) is 4.09. The van der Waals surface area contributed by atoms with E-state index in [1.54, 1.807) is 17.4 Å². The largest absolute Gasteiger partial charge is 0.366 e. The summed E-state index contributed by atoms with van der Waals surface area (Å²) in [5.41, 5.74) is 1.78. The Hall–Kier alpha value is -2.86. The number of aryl methyl sites for hydroxylation is 1. The van der Waals surface area contributed by atoms with Gasteiger partial charge in [-0.2, -0.15) is 0 Å². The van der Waals surface area contributed by atoms with E-state index >= 15 is 0 Å². The molecule has 2 atom stereocenters. The van der Waals surface area contributed by atoms with E-state index in [0.29, 0.717) is 5.82 Å². The molecule has 0 amide bonds. The van der Waals surface area contributed by atoms with E-state index in [1.165, 1.54) is 17.0 Å². The lowest BCUT2D eigenvalue weighted by molar-refractivity contribution is 0.507. The molecule has 2 heterocycles. The zero-order valence-corrected chi connectivity index (χ0v) is 15.9. The number of halogens is 2. The minimum absolute atomic E-state index is 0.145. The number of benzene rings is 2. The van der Waals surface area contributed by atoms with Crippen molar-refractivity contribution in [2.24, 2.45) is 0 Å². The lowest BCUT2D eigenvalue weighted by Gasteiger charge is -2.09. The fourth-order valence-corrected chi connectivity index (χ4v) is 4.39.